The summed E-state index contributed by atoms with van der Waals surface area (Å²) in [5, 5.41) is 9.86. The molecular weight excluding hydrogens is 241 g/mol. The predicted octanol–water partition coefficient (Wildman–Crippen LogP) is 4.06. The van der Waals surface area contributed by atoms with E-state index < -0.39 is 6.10 Å². The second-order valence-corrected chi connectivity index (χ2v) is 5.39. The van der Waals surface area contributed by atoms with Crippen LogP contribution in [0.4, 0.5) is 10.1 Å². The van der Waals surface area contributed by atoms with E-state index in [4.69, 9.17) is 0 Å². The molecule has 0 fully saturated rings. The van der Waals surface area contributed by atoms with Gasteiger partial charge in [0.15, 0.2) is 0 Å². The van der Waals surface area contributed by atoms with E-state index in [0.29, 0.717) is 17.0 Å². The molecule has 1 aromatic carbocycles. The number of anilines is 1. The van der Waals surface area contributed by atoms with Crippen LogP contribution in [0, 0.1) is 18.7 Å². The monoisotopic (exact) mass is 267 g/mol. The zero-order valence-electron chi connectivity index (χ0n) is 12.7. The van der Waals surface area contributed by atoms with E-state index in [9.17, 15) is 9.50 Å². The summed E-state index contributed by atoms with van der Waals surface area (Å²) >= 11 is 0. The molecule has 0 spiro atoms. The fraction of sp³-hybridized carbons (Fsp3) is 0.625. The van der Waals surface area contributed by atoms with Gasteiger partial charge in [-0.15, -0.1) is 0 Å². The summed E-state index contributed by atoms with van der Waals surface area (Å²) in [4.78, 5) is 2.22. The Morgan fingerprint density at radius 3 is 2.37 bits per heavy atom. The lowest BCUT2D eigenvalue weighted by molar-refractivity contribution is 0.199. The molecule has 1 N–H and O–H groups in total. The maximum absolute atomic E-state index is 13.7. The fourth-order valence-electron chi connectivity index (χ4n) is 2.19. The van der Waals surface area contributed by atoms with Crippen molar-refractivity contribution in [2.45, 2.75) is 47.1 Å². The van der Waals surface area contributed by atoms with Crippen LogP contribution in [0.15, 0.2) is 12.1 Å². The Hall–Kier alpha value is -1.09. The van der Waals surface area contributed by atoms with Crippen LogP contribution >= 0.6 is 0 Å². The highest BCUT2D eigenvalue weighted by Gasteiger charge is 2.17. The molecule has 0 aliphatic rings. The largest absolute Gasteiger partial charge is 0.389 e. The summed E-state index contributed by atoms with van der Waals surface area (Å²) in [7, 11) is 0. The minimum Gasteiger partial charge on any atom is -0.389 e. The van der Waals surface area contributed by atoms with E-state index in [-0.39, 0.29) is 5.82 Å². The lowest BCUT2D eigenvalue weighted by atomic mass is 10.0. The van der Waals surface area contributed by atoms with Crippen LogP contribution in [0.25, 0.3) is 0 Å². The topological polar surface area (TPSA) is 23.5 Å². The number of hydrogen-bond donors (Lipinski definition) is 1. The number of rotatable bonds is 6. The number of halogens is 1. The number of aliphatic hydroxyl groups is 1. The highest BCUT2D eigenvalue weighted by atomic mass is 19.1. The minimum absolute atomic E-state index is 0.251. The number of aliphatic hydroxyl groups excluding tert-OH is 1. The maximum atomic E-state index is 13.7. The summed E-state index contributed by atoms with van der Waals surface area (Å²) < 4.78 is 13.7. The van der Waals surface area contributed by atoms with Gasteiger partial charge in [-0.3, -0.25) is 0 Å². The Balaban J connectivity index is 3.17. The van der Waals surface area contributed by atoms with Crippen LogP contribution in [-0.2, 0) is 0 Å². The molecule has 108 valence electrons. The number of nitrogens with zero attached hydrogens (tertiary/aromatic N) is 1. The van der Waals surface area contributed by atoms with Crippen molar-refractivity contribution in [1.29, 1.82) is 0 Å². The van der Waals surface area contributed by atoms with Gasteiger partial charge < -0.3 is 10.0 Å². The highest BCUT2D eigenvalue weighted by Crippen LogP contribution is 2.30. The Morgan fingerprint density at radius 1 is 1.26 bits per heavy atom. The minimum atomic E-state index is -0.656. The molecule has 0 amide bonds. The molecule has 0 saturated heterocycles. The van der Waals surface area contributed by atoms with Gasteiger partial charge in [0.2, 0.25) is 0 Å². The molecule has 1 rings (SSSR count). The first-order valence-corrected chi connectivity index (χ1v) is 7.13. The van der Waals surface area contributed by atoms with Crippen LogP contribution in [0.3, 0.4) is 0 Å². The fourth-order valence-corrected chi connectivity index (χ4v) is 2.19. The zero-order chi connectivity index (χ0) is 14.6. The molecule has 1 aromatic rings. The predicted molar refractivity (Wildman–Crippen MR) is 79.1 cm³/mol. The third-order valence-electron chi connectivity index (χ3n) is 3.71. The molecular formula is C16H26FNO. The van der Waals surface area contributed by atoms with Gasteiger partial charge in [0, 0.05) is 24.3 Å². The normalized spacial score (nSPS) is 14.3. The Kier molecular flexibility index (Phi) is 5.80. The quantitative estimate of drug-likeness (QED) is 0.840. The first-order chi connectivity index (χ1) is 8.90. The van der Waals surface area contributed by atoms with E-state index in [1.54, 1.807) is 13.8 Å². The van der Waals surface area contributed by atoms with Gasteiger partial charge >= 0.3 is 0 Å². The Labute approximate surface area is 116 Å². The lowest BCUT2D eigenvalue weighted by Gasteiger charge is -2.29. The first-order valence-electron chi connectivity index (χ1n) is 7.13. The van der Waals surface area contributed by atoms with Crippen molar-refractivity contribution in [3.63, 3.8) is 0 Å². The van der Waals surface area contributed by atoms with Crippen LogP contribution in [0.5, 0.6) is 0 Å². The van der Waals surface area contributed by atoms with Gasteiger partial charge in [-0.05, 0) is 44.4 Å². The van der Waals surface area contributed by atoms with Crippen LogP contribution in [0.1, 0.15) is 51.3 Å². The average molecular weight is 267 g/mol. The third kappa shape index (κ3) is 3.93. The lowest BCUT2D eigenvalue weighted by Crippen LogP contribution is -2.29. The van der Waals surface area contributed by atoms with Crippen molar-refractivity contribution >= 4 is 5.69 Å². The molecule has 1 unspecified atom stereocenters. The molecule has 3 heteroatoms. The summed E-state index contributed by atoms with van der Waals surface area (Å²) in [6.07, 6.45) is 0.455. The Morgan fingerprint density at radius 2 is 1.89 bits per heavy atom. The highest BCUT2D eigenvalue weighted by molar-refractivity contribution is 5.56. The van der Waals surface area contributed by atoms with Crippen molar-refractivity contribution in [1.82, 2.24) is 0 Å². The standard InChI is InChI=1S/C16H26FNO/c1-6-11(3)10-18(7-2)16-8-12(4)15(17)9-14(16)13(5)19/h8-9,11,13,19H,6-7,10H2,1-5H3/t11?,13-/m1/s1. The van der Waals surface area contributed by atoms with Crippen LogP contribution < -0.4 is 4.90 Å². The molecule has 0 aliphatic carbocycles. The molecule has 0 bridgehead atoms. The van der Waals surface area contributed by atoms with Gasteiger partial charge in [-0.1, -0.05) is 20.3 Å². The van der Waals surface area contributed by atoms with E-state index >= 15 is 0 Å². The maximum Gasteiger partial charge on any atom is 0.126 e. The van der Waals surface area contributed by atoms with Crippen molar-refractivity contribution in [2.75, 3.05) is 18.0 Å². The van der Waals surface area contributed by atoms with E-state index in [1.807, 2.05) is 6.07 Å². The van der Waals surface area contributed by atoms with Crippen molar-refractivity contribution in [3.05, 3.63) is 29.1 Å². The molecule has 19 heavy (non-hydrogen) atoms. The second-order valence-electron chi connectivity index (χ2n) is 5.39. The molecule has 0 heterocycles. The number of benzene rings is 1. The molecule has 2 atom stereocenters. The molecule has 2 nitrogen and oxygen atoms in total. The second kappa shape index (κ2) is 6.90. The summed E-state index contributed by atoms with van der Waals surface area (Å²) in [5.74, 6) is 0.325. The average Bonchev–Trinajstić information content (AvgIpc) is 2.38. The molecule has 0 radical (unpaired) electrons. The summed E-state index contributed by atoms with van der Waals surface area (Å²) in [6.45, 7) is 11.7. The molecule has 0 aliphatic heterocycles. The number of hydrogen-bond acceptors (Lipinski definition) is 2. The Bertz CT molecular complexity index is 417. The van der Waals surface area contributed by atoms with E-state index in [1.165, 1.54) is 6.07 Å². The van der Waals surface area contributed by atoms with Gasteiger partial charge in [0.25, 0.3) is 0 Å². The van der Waals surface area contributed by atoms with Crippen LogP contribution in [0.2, 0.25) is 0 Å². The van der Waals surface area contributed by atoms with Crippen molar-refractivity contribution in [3.8, 4) is 0 Å². The SMILES string of the molecule is CCC(C)CN(CC)c1cc(C)c(F)cc1[C@@H](C)O. The number of aryl methyl sites for hydroxylation is 1. The smallest absolute Gasteiger partial charge is 0.126 e. The summed E-state index contributed by atoms with van der Waals surface area (Å²) in [6, 6.07) is 3.32. The first kappa shape index (κ1) is 16.0. The third-order valence-corrected chi connectivity index (χ3v) is 3.71. The van der Waals surface area contributed by atoms with Gasteiger partial charge in [-0.2, -0.15) is 0 Å². The van der Waals surface area contributed by atoms with Crippen molar-refractivity contribution < 1.29 is 9.50 Å². The van der Waals surface area contributed by atoms with Crippen molar-refractivity contribution in [2.24, 2.45) is 5.92 Å². The van der Waals surface area contributed by atoms with Crippen LogP contribution in [-0.4, -0.2) is 18.2 Å². The summed E-state index contributed by atoms with van der Waals surface area (Å²) in [5.41, 5.74) is 2.26. The van der Waals surface area contributed by atoms with Gasteiger partial charge in [0.05, 0.1) is 6.10 Å². The van der Waals surface area contributed by atoms with E-state index in [2.05, 4.69) is 25.7 Å². The molecule has 0 aromatic heterocycles. The molecule has 0 saturated carbocycles. The zero-order valence-corrected chi connectivity index (χ0v) is 12.7. The van der Waals surface area contributed by atoms with Gasteiger partial charge in [0.1, 0.15) is 5.82 Å². The van der Waals surface area contributed by atoms with Gasteiger partial charge in [-0.25, -0.2) is 4.39 Å². The van der Waals surface area contributed by atoms with E-state index in [0.717, 1.165) is 25.2 Å².